The van der Waals surface area contributed by atoms with Crippen molar-refractivity contribution in [1.29, 1.82) is 0 Å². The number of aryl methyl sites for hydroxylation is 1. The second-order valence-electron chi connectivity index (χ2n) is 4.06. The zero-order chi connectivity index (χ0) is 12.6. The minimum absolute atomic E-state index is 0.125. The molecular formula is C10H13Cl2NO2S2. The van der Waals surface area contributed by atoms with Crippen LogP contribution in [0.1, 0.15) is 18.4 Å². The number of thiophene rings is 1. The molecule has 96 valence electrons. The molecular weight excluding hydrogens is 301 g/mol. The summed E-state index contributed by atoms with van der Waals surface area (Å²) in [5.74, 6) is 0.313. The average Bonchev–Trinajstić information content (AvgIpc) is 3.03. The SMILES string of the molecule is Cc1cc(S(=O)(=O)N(CCCl)C2CC2)sc1Cl. The highest BCUT2D eigenvalue weighted by atomic mass is 35.5. The topological polar surface area (TPSA) is 37.4 Å². The normalized spacial score (nSPS) is 16.7. The van der Waals surface area contributed by atoms with Gasteiger partial charge in [-0.25, -0.2) is 8.42 Å². The van der Waals surface area contributed by atoms with E-state index < -0.39 is 10.0 Å². The van der Waals surface area contributed by atoms with Crippen LogP contribution in [0.15, 0.2) is 10.3 Å². The molecule has 1 aliphatic carbocycles. The maximum Gasteiger partial charge on any atom is 0.252 e. The van der Waals surface area contributed by atoms with E-state index in [1.165, 1.54) is 4.31 Å². The molecule has 0 radical (unpaired) electrons. The predicted molar refractivity (Wildman–Crippen MR) is 71.7 cm³/mol. The number of hydrogen-bond donors (Lipinski definition) is 0. The fourth-order valence-corrected chi connectivity index (χ4v) is 5.43. The van der Waals surface area contributed by atoms with Gasteiger partial charge in [0.2, 0.25) is 0 Å². The first-order chi connectivity index (χ1) is 7.96. The Bertz CT molecular complexity index is 489. The summed E-state index contributed by atoms with van der Waals surface area (Å²) in [5.41, 5.74) is 0.803. The zero-order valence-corrected chi connectivity index (χ0v) is 12.5. The molecule has 1 saturated carbocycles. The average molecular weight is 314 g/mol. The van der Waals surface area contributed by atoms with Gasteiger partial charge in [0.25, 0.3) is 10.0 Å². The van der Waals surface area contributed by atoms with Gasteiger partial charge in [-0.2, -0.15) is 4.31 Å². The van der Waals surface area contributed by atoms with Gasteiger partial charge < -0.3 is 0 Å². The lowest BCUT2D eigenvalue weighted by Crippen LogP contribution is -2.34. The van der Waals surface area contributed by atoms with E-state index in [1.54, 1.807) is 13.0 Å². The first-order valence-corrected chi connectivity index (χ1v) is 8.47. The molecule has 0 unspecified atom stereocenters. The minimum Gasteiger partial charge on any atom is -0.206 e. The molecule has 1 aromatic heterocycles. The Morgan fingerprint density at radius 2 is 2.18 bits per heavy atom. The highest BCUT2D eigenvalue weighted by Crippen LogP contribution is 2.36. The predicted octanol–water partition coefficient (Wildman–Crippen LogP) is 3.10. The Balaban J connectivity index is 2.33. The van der Waals surface area contributed by atoms with Crippen LogP contribution >= 0.6 is 34.5 Å². The number of nitrogens with zero attached hydrogens (tertiary/aromatic N) is 1. The smallest absolute Gasteiger partial charge is 0.206 e. The van der Waals surface area contributed by atoms with Gasteiger partial charge in [-0.1, -0.05) is 11.6 Å². The largest absolute Gasteiger partial charge is 0.252 e. The van der Waals surface area contributed by atoms with E-state index in [2.05, 4.69) is 0 Å². The van der Waals surface area contributed by atoms with Crippen molar-refractivity contribution in [3.8, 4) is 0 Å². The van der Waals surface area contributed by atoms with Gasteiger partial charge in [0.05, 0.1) is 4.34 Å². The van der Waals surface area contributed by atoms with Crippen molar-refractivity contribution in [3.63, 3.8) is 0 Å². The van der Waals surface area contributed by atoms with Crippen molar-refractivity contribution in [3.05, 3.63) is 16.0 Å². The van der Waals surface area contributed by atoms with Gasteiger partial charge in [-0.15, -0.1) is 22.9 Å². The Labute approximate surface area is 115 Å². The van der Waals surface area contributed by atoms with Crippen molar-refractivity contribution in [1.82, 2.24) is 4.31 Å². The molecule has 0 N–H and O–H groups in total. The van der Waals surface area contributed by atoms with Gasteiger partial charge in [0.15, 0.2) is 0 Å². The number of hydrogen-bond acceptors (Lipinski definition) is 3. The number of halogens is 2. The molecule has 0 saturated heterocycles. The van der Waals surface area contributed by atoms with Crippen LogP contribution < -0.4 is 0 Å². The van der Waals surface area contributed by atoms with Crippen LogP contribution in [0.4, 0.5) is 0 Å². The third-order valence-electron chi connectivity index (χ3n) is 2.66. The van der Waals surface area contributed by atoms with Gasteiger partial charge in [-0.3, -0.25) is 0 Å². The fourth-order valence-electron chi connectivity index (χ4n) is 1.62. The van der Waals surface area contributed by atoms with Gasteiger partial charge in [-0.05, 0) is 31.4 Å². The Morgan fingerprint density at radius 3 is 2.59 bits per heavy atom. The lowest BCUT2D eigenvalue weighted by molar-refractivity contribution is 0.424. The van der Waals surface area contributed by atoms with Crippen molar-refractivity contribution in [2.24, 2.45) is 0 Å². The summed E-state index contributed by atoms with van der Waals surface area (Å²) in [6.07, 6.45) is 1.85. The van der Waals surface area contributed by atoms with Crippen molar-refractivity contribution in [2.75, 3.05) is 12.4 Å². The molecule has 0 spiro atoms. The molecule has 1 fully saturated rings. The van der Waals surface area contributed by atoms with Crippen LogP contribution in [0.5, 0.6) is 0 Å². The van der Waals surface area contributed by atoms with Crippen LogP contribution in [0.2, 0.25) is 4.34 Å². The van der Waals surface area contributed by atoms with Gasteiger partial charge in [0, 0.05) is 18.5 Å². The standard InChI is InChI=1S/C10H13Cl2NO2S2/c1-7-6-9(16-10(7)12)17(14,15)13(5-4-11)8-2-3-8/h6,8H,2-5H2,1H3. The molecule has 1 heterocycles. The monoisotopic (exact) mass is 313 g/mol. The van der Waals surface area contributed by atoms with E-state index in [4.69, 9.17) is 23.2 Å². The summed E-state index contributed by atoms with van der Waals surface area (Å²) in [5, 5.41) is 0. The van der Waals surface area contributed by atoms with Crippen LogP contribution in [0.25, 0.3) is 0 Å². The second kappa shape index (κ2) is 5.05. The molecule has 0 atom stereocenters. The van der Waals surface area contributed by atoms with Crippen molar-refractivity contribution in [2.45, 2.75) is 30.0 Å². The summed E-state index contributed by atoms with van der Waals surface area (Å²) in [6, 6.07) is 1.76. The van der Waals surface area contributed by atoms with Crippen molar-refractivity contribution < 1.29 is 8.42 Å². The molecule has 1 aromatic rings. The Hall–Kier alpha value is 0.190. The summed E-state index contributed by atoms with van der Waals surface area (Å²) < 4.78 is 27.1. The number of rotatable bonds is 5. The third-order valence-corrected chi connectivity index (χ3v) is 6.78. The number of alkyl halides is 1. The first kappa shape index (κ1) is 13.6. The van der Waals surface area contributed by atoms with Gasteiger partial charge in [0.1, 0.15) is 4.21 Å². The van der Waals surface area contributed by atoms with Gasteiger partial charge >= 0.3 is 0 Å². The van der Waals surface area contributed by atoms with E-state index >= 15 is 0 Å². The summed E-state index contributed by atoms with van der Waals surface area (Å²) in [7, 11) is -3.42. The molecule has 7 heteroatoms. The molecule has 3 nitrogen and oxygen atoms in total. The third kappa shape index (κ3) is 2.79. The Kier molecular flexibility index (Phi) is 4.05. The van der Waals surface area contributed by atoms with Crippen LogP contribution in [-0.4, -0.2) is 31.2 Å². The zero-order valence-electron chi connectivity index (χ0n) is 9.32. The van der Waals surface area contributed by atoms with Crippen LogP contribution in [0, 0.1) is 6.92 Å². The van der Waals surface area contributed by atoms with E-state index in [-0.39, 0.29) is 6.04 Å². The maximum absolute atomic E-state index is 12.4. The lowest BCUT2D eigenvalue weighted by atomic mass is 10.4. The number of sulfonamides is 1. The second-order valence-corrected chi connectivity index (χ2v) is 8.21. The van der Waals surface area contributed by atoms with Crippen LogP contribution in [-0.2, 0) is 10.0 Å². The van der Waals surface area contributed by atoms with E-state index in [9.17, 15) is 8.42 Å². The molecule has 1 aliphatic rings. The quantitative estimate of drug-likeness (QED) is 0.783. The fraction of sp³-hybridized carbons (Fsp3) is 0.600. The molecule has 17 heavy (non-hydrogen) atoms. The molecule has 0 aliphatic heterocycles. The molecule has 0 amide bonds. The lowest BCUT2D eigenvalue weighted by Gasteiger charge is -2.19. The highest BCUT2D eigenvalue weighted by Gasteiger charge is 2.38. The molecule has 2 rings (SSSR count). The van der Waals surface area contributed by atoms with Crippen molar-refractivity contribution >= 4 is 44.6 Å². The van der Waals surface area contributed by atoms with E-state index in [0.29, 0.717) is 21.0 Å². The first-order valence-electron chi connectivity index (χ1n) is 5.30. The summed E-state index contributed by atoms with van der Waals surface area (Å²) in [4.78, 5) is 0. The van der Waals surface area contributed by atoms with E-state index in [0.717, 1.165) is 29.7 Å². The maximum atomic E-state index is 12.4. The molecule has 0 bridgehead atoms. The minimum atomic E-state index is -3.42. The van der Waals surface area contributed by atoms with Crippen LogP contribution in [0.3, 0.4) is 0 Å². The summed E-state index contributed by atoms with van der Waals surface area (Å²) in [6.45, 7) is 2.17. The highest BCUT2D eigenvalue weighted by molar-refractivity contribution is 7.91. The van der Waals surface area contributed by atoms with E-state index in [1.807, 2.05) is 0 Å². The molecule has 0 aromatic carbocycles. The Morgan fingerprint density at radius 1 is 1.53 bits per heavy atom. The summed E-state index contributed by atoms with van der Waals surface area (Å²) >= 11 is 12.7.